The molecule has 0 saturated heterocycles. The van der Waals surface area contributed by atoms with Gasteiger partial charge in [0.15, 0.2) is 5.96 Å². The highest BCUT2D eigenvalue weighted by Gasteiger charge is 2.40. The lowest BCUT2D eigenvalue weighted by Gasteiger charge is -2.28. The zero-order valence-corrected chi connectivity index (χ0v) is 72.0. The van der Waals surface area contributed by atoms with Gasteiger partial charge < -0.3 is 159 Å². The molecule has 0 aromatic heterocycles. The highest BCUT2D eigenvalue weighted by atomic mass is 16.4. The summed E-state index contributed by atoms with van der Waals surface area (Å²) in [7, 11) is 0. The van der Waals surface area contributed by atoms with E-state index < -0.39 is 336 Å². The van der Waals surface area contributed by atoms with Crippen LogP contribution in [0.5, 0.6) is 0 Å². The van der Waals surface area contributed by atoms with Gasteiger partial charge in [-0.15, -0.1) is 0 Å². The van der Waals surface area contributed by atoms with Gasteiger partial charge in [-0.3, -0.25) is 106 Å². The lowest BCUT2D eigenvalue weighted by Crippen LogP contribution is -2.62. The molecule has 0 aliphatic rings. The molecule has 129 heavy (non-hydrogen) atoms. The Kier molecular flexibility index (Phi) is 51.8. The first-order valence-electron chi connectivity index (χ1n) is 40.6. The molecule has 0 fully saturated rings. The van der Waals surface area contributed by atoms with Gasteiger partial charge in [0, 0.05) is 38.6 Å². The van der Waals surface area contributed by atoms with E-state index >= 15 is 0 Å². The van der Waals surface area contributed by atoms with E-state index in [-0.39, 0.29) is 51.0 Å². The number of carbonyl (C=O) groups is 22. The Morgan fingerprint density at radius 1 is 0.341 bits per heavy atom. The number of carbonyl (C=O) groups excluding carboxylic acids is 18. The average molecular weight is 1840 g/mol. The second-order valence-corrected chi connectivity index (χ2v) is 30.8. The molecule has 53 heteroatoms. The standard InChI is InChI=1S/C76H122N22O31/c1-34(2)24-44(67(120)84-37(7)60(113)86-41(16-19-53(78)104)65(118)92-46(26-38-12-9-8-10-13-38)69(122)87-40(14-11-23-82-76(80)81)63(116)95-51(32-102)71(124)91-45(25-35(3)4)68(121)93-47(75(128)129)27-58(111)112)90-66(119)42(17-20-54(79)105)88-64(117)43(18-22-57(109)110)89-70(123)50(31-101)96-72(125)52(33-103)97-74(127)59(36(5)6)98-73(126)49(30-100)85-55(106)28-83-62(115)48(29-99)94-61(114)39(77)15-21-56(107)108/h8-10,12-13,34-37,39-52,59,99-103H,11,14-33,77H2,1-7H3,(H2,78,104)(H2,79,105)(H,83,115)(H,84,120)(H,85,106)(H,86,113)(H,87,122)(H,88,117)(H,89,123)(H,90,119)(H,91,124)(H,92,118)(H,93,121)(H,94,114)(H,95,116)(H,96,125)(H,97,127)(H,98,126)(H,107,108)(H,109,110)(H,111,112)(H,128,129)(H4,80,81,82)/t37-,39-,40-,41-,42-,43-,44-,45-,46-,47-,48-,49-,50-,51-,52-,59-/m0/s1. The first-order chi connectivity index (χ1) is 60.4. The number of hydrogen-bond acceptors (Lipinski definition) is 29. The lowest BCUT2D eigenvalue weighted by molar-refractivity contribution is -0.147. The average Bonchev–Trinajstić information content (AvgIpc) is 0.882. The molecule has 18 amide bonds. The van der Waals surface area contributed by atoms with Gasteiger partial charge >= 0.3 is 23.9 Å². The normalized spacial score (nSPS) is 14.8. The second kappa shape index (κ2) is 58.8. The predicted molar refractivity (Wildman–Crippen MR) is 445 cm³/mol. The molecule has 1 aromatic rings. The van der Waals surface area contributed by atoms with E-state index in [0.29, 0.717) is 5.56 Å². The summed E-state index contributed by atoms with van der Waals surface area (Å²) in [4.78, 5) is 290. The molecule has 0 heterocycles. The molecule has 1 aromatic carbocycles. The number of rotatable bonds is 63. The molecule has 0 spiro atoms. The quantitative estimate of drug-likeness (QED) is 0.0164. The molecule has 0 saturated carbocycles. The van der Waals surface area contributed by atoms with Crippen molar-refractivity contribution in [3.05, 3.63) is 35.9 Å². The summed E-state index contributed by atoms with van der Waals surface area (Å²) in [5.74, 6) is -29.6. The number of nitrogens with two attached hydrogens (primary N) is 4. The van der Waals surface area contributed by atoms with Gasteiger partial charge in [0.05, 0.1) is 52.0 Å². The monoisotopic (exact) mass is 1840 g/mol. The van der Waals surface area contributed by atoms with Crippen LogP contribution < -0.4 is 113 Å². The maximum absolute atomic E-state index is 14.6. The molecule has 1 rings (SSSR count). The molecule has 16 atom stereocenters. The topological polar surface area (TPSA) is 890 Å². The second-order valence-electron chi connectivity index (χ2n) is 30.8. The Morgan fingerprint density at radius 3 is 1.08 bits per heavy atom. The van der Waals surface area contributed by atoms with Gasteiger partial charge in [0.2, 0.25) is 106 Å². The van der Waals surface area contributed by atoms with Gasteiger partial charge in [0.1, 0.15) is 90.6 Å². The molecular weight excluding hydrogens is 1720 g/mol. The number of carboxylic acids is 4. The minimum Gasteiger partial charge on any atom is -0.481 e. The SMILES string of the molecule is CC(C)C[C@H](NC(=O)[C@H](CCC(N)=O)NC(=O)[C@H](CCC(=O)O)NC(=O)[C@H](CO)NC(=O)[C@H](CO)NC(=O)[C@@H](NC(=O)[C@H](CO)NC(=O)CNC(=O)[C@H](CO)NC(=O)[C@@H](N)CCC(=O)O)C(C)C)C(=O)N[C@@H](C)C(=O)N[C@@H](CCC(N)=O)C(=O)N[C@@H](Cc1ccccc1)C(=O)N[C@@H](CCCNC(=N)N)C(=O)N[C@@H](CO)C(=O)N[C@@H](CC(C)C)C(=O)N[C@@H](CC(=O)O)C(=O)O. The van der Waals surface area contributed by atoms with Gasteiger partial charge in [-0.25, -0.2) is 4.79 Å². The number of aliphatic hydroxyl groups excluding tert-OH is 5. The van der Waals surface area contributed by atoms with E-state index in [9.17, 15) is 146 Å². The fourth-order valence-corrected chi connectivity index (χ4v) is 11.7. The maximum Gasteiger partial charge on any atom is 0.326 e. The number of nitrogens with one attached hydrogen (secondary N) is 18. The van der Waals surface area contributed by atoms with Gasteiger partial charge in [-0.2, -0.15) is 0 Å². The molecular formula is C76H122N22O31. The highest BCUT2D eigenvalue weighted by molar-refractivity contribution is 6.02. The summed E-state index contributed by atoms with van der Waals surface area (Å²) in [6.45, 7) is 3.42. The van der Waals surface area contributed by atoms with E-state index in [0.717, 1.165) is 6.92 Å². The number of primary amides is 2. The van der Waals surface area contributed by atoms with Gasteiger partial charge in [-0.05, 0) is 81.6 Å². The third-order valence-corrected chi connectivity index (χ3v) is 18.6. The smallest absolute Gasteiger partial charge is 0.326 e. The maximum atomic E-state index is 14.6. The Balaban J connectivity index is 3.57. The Morgan fingerprint density at radius 2 is 0.674 bits per heavy atom. The van der Waals surface area contributed by atoms with Crippen molar-refractivity contribution >= 4 is 136 Å². The Bertz CT molecular complexity index is 4070. The van der Waals surface area contributed by atoms with Crippen LogP contribution in [0.1, 0.15) is 138 Å². The van der Waals surface area contributed by atoms with Crippen LogP contribution in [0.15, 0.2) is 30.3 Å². The fourth-order valence-electron chi connectivity index (χ4n) is 11.7. The zero-order valence-electron chi connectivity index (χ0n) is 72.0. The summed E-state index contributed by atoms with van der Waals surface area (Å²) >= 11 is 0. The van der Waals surface area contributed by atoms with Crippen molar-refractivity contribution in [2.75, 3.05) is 46.1 Å². The zero-order chi connectivity index (χ0) is 98.2. The minimum absolute atomic E-state index is 0.0496. The molecule has 35 N–H and O–H groups in total. The molecule has 722 valence electrons. The van der Waals surface area contributed by atoms with Crippen molar-refractivity contribution < 1.29 is 151 Å². The number of benzene rings is 1. The van der Waals surface area contributed by atoms with Crippen LogP contribution in [0.25, 0.3) is 0 Å². The van der Waals surface area contributed by atoms with Crippen molar-refractivity contribution in [2.24, 2.45) is 40.7 Å². The van der Waals surface area contributed by atoms with Crippen LogP contribution in [0.4, 0.5) is 0 Å². The number of aliphatic hydroxyl groups is 5. The molecule has 0 aliphatic carbocycles. The van der Waals surface area contributed by atoms with Gasteiger partial charge in [0.25, 0.3) is 0 Å². The summed E-state index contributed by atoms with van der Waals surface area (Å²) in [6, 6.07) is -20.7. The number of hydrogen-bond donors (Lipinski definition) is 31. The summed E-state index contributed by atoms with van der Waals surface area (Å²) < 4.78 is 0. The summed E-state index contributed by atoms with van der Waals surface area (Å²) in [5, 5.41) is 134. The first kappa shape index (κ1) is 114. The van der Waals surface area contributed by atoms with Crippen molar-refractivity contribution in [2.45, 2.75) is 235 Å². The third-order valence-electron chi connectivity index (χ3n) is 18.6. The van der Waals surface area contributed by atoms with Crippen LogP contribution in [0.2, 0.25) is 0 Å². The number of carboxylic acid groups (broad SMARTS) is 4. The molecule has 0 radical (unpaired) electrons. The summed E-state index contributed by atoms with van der Waals surface area (Å²) in [6.07, 6.45) is -7.23. The van der Waals surface area contributed by atoms with Crippen molar-refractivity contribution in [3.63, 3.8) is 0 Å². The van der Waals surface area contributed by atoms with Crippen LogP contribution in [0, 0.1) is 23.2 Å². The van der Waals surface area contributed by atoms with Crippen molar-refractivity contribution in [1.82, 2.24) is 90.4 Å². The molecule has 0 bridgehead atoms. The van der Waals surface area contributed by atoms with Crippen molar-refractivity contribution in [1.29, 1.82) is 5.41 Å². The number of guanidine groups is 1. The molecule has 53 nitrogen and oxygen atoms in total. The van der Waals surface area contributed by atoms with E-state index in [2.05, 4.69) is 79.8 Å². The lowest BCUT2D eigenvalue weighted by atomic mass is 10.0. The minimum atomic E-state index is -2.11. The van der Waals surface area contributed by atoms with E-state index in [1.54, 1.807) is 58.0 Å². The largest absolute Gasteiger partial charge is 0.481 e. The van der Waals surface area contributed by atoms with Gasteiger partial charge in [-0.1, -0.05) is 71.9 Å². The fraction of sp³-hybridized carbons (Fsp3) is 0.618. The third kappa shape index (κ3) is 44.5. The first-order valence-corrected chi connectivity index (χ1v) is 40.6. The van der Waals surface area contributed by atoms with Crippen LogP contribution in [-0.4, -0.2) is 325 Å². The molecule has 0 aliphatic heterocycles. The van der Waals surface area contributed by atoms with Crippen LogP contribution in [0.3, 0.4) is 0 Å². The van der Waals surface area contributed by atoms with Crippen molar-refractivity contribution in [3.8, 4) is 0 Å². The Labute approximate surface area is 738 Å². The highest BCUT2D eigenvalue weighted by Crippen LogP contribution is 2.14. The number of aliphatic carboxylic acids is 4. The summed E-state index contributed by atoms with van der Waals surface area (Å²) in [5.41, 5.74) is 22.3. The predicted octanol–water partition coefficient (Wildman–Crippen LogP) is -13.2. The Hall–Kier alpha value is -13.4. The van der Waals surface area contributed by atoms with Crippen LogP contribution in [-0.2, 0) is 112 Å². The van der Waals surface area contributed by atoms with E-state index in [1.807, 2.05) is 10.6 Å². The number of amides is 18. The van der Waals surface area contributed by atoms with E-state index in [4.69, 9.17) is 33.5 Å². The molecule has 0 unspecified atom stereocenters. The van der Waals surface area contributed by atoms with Crippen LogP contribution >= 0.6 is 0 Å². The van der Waals surface area contributed by atoms with E-state index in [1.165, 1.54) is 13.8 Å².